The highest BCUT2D eigenvalue weighted by atomic mass is 35.5. The zero-order valence-electron chi connectivity index (χ0n) is 19.5. The summed E-state index contributed by atoms with van der Waals surface area (Å²) >= 11 is 7.71. The van der Waals surface area contributed by atoms with E-state index in [9.17, 15) is 14.9 Å². The summed E-state index contributed by atoms with van der Waals surface area (Å²) in [5, 5.41) is 16.0. The monoisotopic (exact) mass is 523 g/mol. The van der Waals surface area contributed by atoms with E-state index in [0.29, 0.717) is 45.6 Å². The number of non-ortho nitro benzene ring substituents is 1. The maximum absolute atomic E-state index is 12.5. The normalized spacial score (nSPS) is 11.1. The Kier molecular flexibility index (Phi) is 7.82. The lowest BCUT2D eigenvalue weighted by atomic mass is 10.1. The highest BCUT2D eigenvalue weighted by Gasteiger charge is 2.14. The van der Waals surface area contributed by atoms with E-state index in [-0.39, 0.29) is 5.69 Å². The second kappa shape index (κ2) is 11.2. The van der Waals surface area contributed by atoms with Crippen molar-refractivity contribution in [3.05, 3.63) is 97.4 Å². The minimum Gasteiger partial charge on any atom is -0.490 e. The third-order valence-corrected chi connectivity index (χ3v) is 6.51. The first-order valence-corrected chi connectivity index (χ1v) is 12.2. The van der Waals surface area contributed by atoms with E-state index in [0.717, 1.165) is 15.8 Å². The second-order valence-corrected chi connectivity index (χ2v) is 9.32. The van der Waals surface area contributed by atoms with Crippen LogP contribution in [0.2, 0.25) is 5.02 Å². The molecule has 0 atom stereocenters. The van der Waals surface area contributed by atoms with Gasteiger partial charge in [-0.05, 0) is 49.2 Å². The smallest absolute Gasteiger partial charge is 0.281 e. The predicted molar refractivity (Wildman–Crippen MR) is 142 cm³/mol. The molecule has 1 aromatic heterocycles. The summed E-state index contributed by atoms with van der Waals surface area (Å²) in [4.78, 5) is 23.4. The van der Waals surface area contributed by atoms with E-state index in [1.165, 1.54) is 29.7 Å². The number of thiophene rings is 1. The molecule has 1 amide bonds. The van der Waals surface area contributed by atoms with Crippen LogP contribution in [0.25, 0.3) is 10.1 Å². The Hall–Kier alpha value is -3.95. The maximum Gasteiger partial charge on any atom is 0.281 e. The Morgan fingerprint density at radius 2 is 2.00 bits per heavy atom. The number of hydrogen-bond acceptors (Lipinski definition) is 7. The first-order valence-electron chi connectivity index (χ1n) is 11.0. The fourth-order valence-corrected chi connectivity index (χ4v) is 4.71. The van der Waals surface area contributed by atoms with Crippen LogP contribution in [0.15, 0.2) is 65.8 Å². The minimum atomic E-state index is -0.471. The lowest BCUT2D eigenvalue weighted by Crippen LogP contribution is -2.16. The fourth-order valence-electron chi connectivity index (χ4n) is 3.50. The third kappa shape index (κ3) is 5.99. The summed E-state index contributed by atoms with van der Waals surface area (Å²) in [6.07, 6.45) is 1.45. The van der Waals surface area contributed by atoms with Crippen molar-refractivity contribution in [2.45, 2.75) is 20.5 Å². The van der Waals surface area contributed by atoms with Crippen LogP contribution in [0.5, 0.6) is 11.5 Å². The molecule has 4 rings (SSSR count). The number of hydrogen-bond donors (Lipinski definition) is 1. The molecule has 1 heterocycles. The van der Waals surface area contributed by atoms with Gasteiger partial charge in [0.2, 0.25) is 0 Å². The van der Waals surface area contributed by atoms with Gasteiger partial charge in [-0.25, -0.2) is 5.43 Å². The van der Waals surface area contributed by atoms with Crippen molar-refractivity contribution < 1.29 is 19.2 Å². The van der Waals surface area contributed by atoms with Crippen molar-refractivity contribution in [1.29, 1.82) is 0 Å². The number of amides is 1. The summed E-state index contributed by atoms with van der Waals surface area (Å²) in [6, 6.07) is 17.5. The molecule has 0 aliphatic heterocycles. The number of fused-ring (bicyclic) bond motifs is 1. The van der Waals surface area contributed by atoms with Crippen LogP contribution >= 0.6 is 22.9 Å². The molecular formula is C26H22ClN3O5S. The summed E-state index contributed by atoms with van der Waals surface area (Å²) in [6.45, 7) is 4.63. The van der Waals surface area contributed by atoms with Gasteiger partial charge in [0.1, 0.15) is 6.61 Å². The number of nitrogens with one attached hydrogen (secondary N) is 1. The van der Waals surface area contributed by atoms with Gasteiger partial charge in [0.25, 0.3) is 11.6 Å². The number of hydrazone groups is 1. The van der Waals surface area contributed by atoms with Crippen LogP contribution < -0.4 is 14.9 Å². The van der Waals surface area contributed by atoms with Gasteiger partial charge in [-0.1, -0.05) is 41.4 Å². The van der Waals surface area contributed by atoms with Gasteiger partial charge in [0.05, 0.1) is 27.6 Å². The number of rotatable bonds is 9. The van der Waals surface area contributed by atoms with Crippen molar-refractivity contribution in [3.63, 3.8) is 0 Å². The molecule has 8 nitrogen and oxygen atoms in total. The summed E-state index contributed by atoms with van der Waals surface area (Å²) in [5.74, 6) is 0.474. The van der Waals surface area contributed by atoms with E-state index < -0.39 is 10.8 Å². The van der Waals surface area contributed by atoms with Gasteiger partial charge in [-0.15, -0.1) is 11.3 Å². The average molecular weight is 524 g/mol. The van der Waals surface area contributed by atoms with Crippen LogP contribution in [0.4, 0.5) is 5.69 Å². The molecular weight excluding hydrogens is 502 g/mol. The fraction of sp³-hybridized carbons (Fsp3) is 0.154. The molecule has 0 saturated carbocycles. The van der Waals surface area contributed by atoms with Crippen LogP contribution in [0, 0.1) is 17.0 Å². The molecule has 0 saturated heterocycles. The minimum absolute atomic E-state index is 0.0291. The summed E-state index contributed by atoms with van der Waals surface area (Å²) in [5.41, 5.74) is 5.20. The largest absolute Gasteiger partial charge is 0.490 e. The van der Waals surface area contributed by atoms with Crippen LogP contribution in [-0.2, 0) is 6.61 Å². The van der Waals surface area contributed by atoms with E-state index >= 15 is 0 Å². The third-order valence-electron chi connectivity index (χ3n) is 5.11. The standard InChI is InChI=1S/C26H22ClN3O5S/c1-3-34-22-11-18(10-21(27)25(22)35-15-17-6-4-5-16(2)9-17)14-28-29-26(31)24-13-19-12-20(30(32)33)7-8-23(19)36-24/h4-14H,3,15H2,1-2H3,(H,29,31)/b28-14-. The first kappa shape index (κ1) is 25.2. The number of halogens is 1. The van der Waals surface area contributed by atoms with Crippen LogP contribution in [0.1, 0.15) is 33.3 Å². The molecule has 10 heteroatoms. The van der Waals surface area contributed by atoms with Gasteiger partial charge >= 0.3 is 0 Å². The van der Waals surface area contributed by atoms with Gasteiger partial charge in [-0.3, -0.25) is 14.9 Å². The molecule has 0 spiro atoms. The molecule has 3 aromatic carbocycles. The van der Waals surface area contributed by atoms with Crippen LogP contribution in [-0.4, -0.2) is 23.7 Å². The lowest BCUT2D eigenvalue weighted by molar-refractivity contribution is -0.384. The van der Waals surface area contributed by atoms with Crippen molar-refractivity contribution in [2.24, 2.45) is 5.10 Å². The lowest BCUT2D eigenvalue weighted by Gasteiger charge is -2.14. The number of benzene rings is 3. The predicted octanol–water partition coefficient (Wildman–Crippen LogP) is 6.51. The quantitative estimate of drug-likeness (QED) is 0.153. The maximum atomic E-state index is 12.5. The van der Waals surface area contributed by atoms with Crippen molar-refractivity contribution >= 4 is 50.8 Å². The molecule has 0 aliphatic rings. The number of ether oxygens (including phenoxy) is 2. The summed E-state index contributed by atoms with van der Waals surface area (Å²) in [7, 11) is 0. The van der Waals surface area contributed by atoms with Gasteiger partial charge < -0.3 is 9.47 Å². The Labute approximate surface area is 216 Å². The molecule has 4 aromatic rings. The van der Waals surface area contributed by atoms with E-state index in [1.54, 1.807) is 24.3 Å². The Morgan fingerprint density at radius 1 is 1.17 bits per heavy atom. The second-order valence-electron chi connectivity index (χ2n) is 7.83. The Bertz CT molecular complexity index is 1470. The van der Waals surface area contributed by atoms with Gasteiger partial charge in [0, 0.05) is 22.2 Å². The highest BCUT2D eigenvalue weighted by Crippen LogP contribution is 2.37. The number of carbonyl (C=O) groups is 1. The number of aryl methyl sites for hydroxylation is 1. The van der Waals surface area contributed by atoms with Crippen molar-refractivity contribution in [3.8, 4) is 11.5 Å². The molecule has 0 unspecified atom stereocenters. The summed E-state index contributed by atoms with van der Waals surface area (Å²) < 4.78 is 12.4. The molecule has 0 bridgehead atoms. The SMILES string of the molecule is CCOc1cc(/C=N\NC(=O)c2cc3cc([N+](=O)[O-])ccc3s2)cc(Cl)c1OCc1cccc(C)c1. The molecule has 0 fully saturated rings. The highest BCUT2D eigenvalue weighted by molar-refractivity contribution is 7.20. The zero-order valence-corrected chi connectivity index (χ0v) is 21.1. The van der Waals surface area contributed by atoms with E-state index in [4.69, 9.17) is 21.1 Å². The van der Waals surface area contributed by atoms with Crippen molar-refractivity contribution in [1.82, 2.24) is 5.43 Å². The topological polar surface area (TPSA) is 103 Å². The Morgan fingerprint density at radius 3 is 2.75 bits per heavy atom. The number of nitrogens with zero attached hydrogens (tertiary/aromatic N) is 2. The molecule has 0 aliphatic carbocycles. The van der Waals surface area contributed by atoms with Gasteiger partial charge in [-0.2, -0.15) is 5.10 Å². The number of carbonyl (C=O) groups excluding carboxylic acids is 1. The van der Waals surface area contributed by atoms with E-state index in [2.05, 4.69) is 10.5 Å². The molecule has 1 N–H and O–H groups in total. The molecule has 36 heavy (non-hydrogen) atoms. The first-order chi connectivity index (χ1) is 17.3. The number of nitro benzene ring substituents is 1. The van der Waals surface area contributed by atoms with Crippen molar-refractivity contribution in [2.75, 3.05) is 6.61 Å². The Balaban J connectivity index is 1.46. The van der Waals surface area contributed by atoms with Gasteiger partial charge in [0.15, 0.2) is 11.5 Å². The molecule has 184 valence electrons. The van der Waals surface area contributed by atoms with Crippen LogP contribution in [0.3, 0.4) is 0 Å². The number of nitro groups is 1. The molecule has 0 radical (unpaired) electrons. The van der Waals surface area contributed by atoms with E-state index in [1.807, 2.05) is 38.1 Å². The zero-order chi connectivity index (χ0) is 25.7. The average Bonchev–Trinajstić information content (AvgIpc) is 3.27.